The number of benzene rings is 1. The van der Waals surface area contributed by atoms with Crippen molar-refractivity contribution in [3.63, 3.8) is 0 Å². The van der Waals surface area contributed by atoms with Gasteiger partial charge in [0.25, 0.3) is 5.91 Å². The number of fused-ring (bicyclic) bond motifs is 1. The first-order chi connectivity index (χ1) is 13.7. The van der Waals surface area contributed by atoms with Gasteiger partial charge >= 0.3 is 0 Å². The number of aromatic nitrogens is 4. The Morgan fingerprint density at radius 1 is 1.11 bits per heavy atom. The van der Waals surface area contributed by atoms with Crippen LogP contribution in [0.3, 0.4) is 0 Å². The van der Waals surface area contributed by atoms with Gasteiger partial charge in [-0.2, -0.15) is 0 Å². The molecule has 28 heavy (non-hydrogen) atoms. The number of pyridine rings is 1. The minimum Gasteiger partial charge on any atom is -0.441 e. The lowest BCUT2D eigenvalue weighted by molar-refractivity contribution is 0.0952. The number of nitrogens with one attached hydrogen (secondary N) is 1. The predicted octanol–water partition coefficient (Wildman–Crippen LogP) is 3.35. The molecule has 0 unspecified atom stereocenters. The van der Waals surface area contributed by atoms with Gasteiger partial charge in [0.2, 0.25) is 0 Å². The minimum atomic E-state index is -0.200. The Hall–Kier alpha value is -3.61. The van der Waals surface area contributed by atoms with Crippen molar-refractivity contribution in [3.8, 4) is 11.4 Å². The molecule has 3 heterocycles. The second-order valence-electron chi connectivity index (χ2n) is 6.47. The van der Waals surface area contributed by atoms with Gasteiger partial charge in [-0.15, -0.1) is 0 Å². The van der Waals surface area contributed by atoms with Crippen molar-refractivity contribution in [2.24, 2.45) is 0 Å². The Bertz CT molecular complexity index is 1090. The third-order valence-electron chi connectivity index (χ3n) is 4.29. The van der Waals surface area contributed by atoms with Crippen LogP contribution in [0.25, 0.3) is 22.5 Å². The summed E-state index contributed by atoms with van der Waals surface area (Å²) in [6.45, 7) is 2.53. The molecule has 7 nitrogen and oxygen atoms in total. The van der Waals surface area contributed by atoms with Crippen LogP contribution in [0, 0.1) is 6.92 Å². The normalized spacial score (nSPS) is 10.9. The van der Waals surface area contributed by atoms with Gasteiger partial charge in [-0.05, 0) is 43.2 Å². The molecule has 140 valence electrons. The molecular formula is C21H19N5O2. The zero-order chi connectivity index (χ0) is 19.3. The van der Waals surface area contributed by atoms with Gasteiger partial charge in [-0.1, -0.05) is 6.07 Å². The van der Waals surface area contributed by atoms with Crippen LogP contribution in [0.4, 0.5) is 0 Å². The molecule has 0 atom stereocenters. The SMILES string of the molecule is Cc1ccc2nc(CCCNC(=O)c3cnc(-c4ccncc4)nc3)oc2c1. The summed E-state index contributed by atoms with van der Waals surface area (Å²) in [7, 11) is 0. The van der Waals surface area contributed by atoms with Gasteiger partial charge in [-0.25, -0.2) is 15.0 Å². The molecule has 0 aliphatic rings. The number of amides is 1. The number of aryl methyl sites for hydroxylation is 2. The number of hydrogen-bond donors (Lipinski definition) is 1. The lowest BCUT2D eigenvalue weighted by atomic mass is 10.2. The average molecular weight is 373 g/mol. The summed E-state index contributed by atoms with van der Waals surface area (Å²) in [6, 6.07) is 9.58. The first-order valence-electron chi connectivity index (χ1n) is 9.06. The van der Waals surface area contributed by atoms with E-state index in [0.717, 1.165) is 28.6 Å². The van der Waals surface area contributed by atoms with Crippen LogP contribution in [0.2, 0.25) is 0 Å². The van der Waals surface area contributed by atoms with Crippen molar-refractivity contribution in [2.75, 3.05) is 6.54 Å². The van der Waals surface area contributed by atoms with Gasteiger partial charge in [-0.3, -0.25) is 9.78 Å². The van der Waals surface area contributed by atoms with Crippen molar-refractivity contribution in [3.05, 3.63) is 72.1 Å². The lowest BCUT2D eigenvalue weighted by Crippen LogP contribution is -2.25. The third-order valence-corrected chi connectivity index (χ3v) is 4.29. The van der Waals surface area contributed by atoms with Gasteiger partial charge in [0.05, 0.1) is 5.56 Å². The van der Waals surface area contributed by atoms with Gasteiger partial charge in [0.1, 0.15) is 5.52 Å². The van der Waals surface area contributed by atoms with E-state index in [1.807, 2.05) is 37.3 Å². The van der Waals surface area contributed by atoms with E-state index in [4.69, 9.17) is 4.42 Å². The fourth-order valence-electron chi connectivity index (χ4n) is 2.83. The molecule has 0 saturated carbocycles. The lowest BCUT2D eigenvalue weighted by Gasteiger charge is -2.05. The summed E-state index contributed by atoms with van der Waals surface area (Å²) in [5.41, 5.74) is 4.08. The Labute approximate surface area is 161 Å². The topological polar surface area (TPSA) is 93.8 Å². The van der Waals surface area contributed by atoms with Crippen molar-refractivity contribution < 1.29 is 9.21 Å². The highest BCUT2D eigenvalue weighted by molar-refractivity contribution is 5.93. The Kier molecular flexibility index (Phi) is 5.05. The van der Waals surface area contributed by atoms with Crippen LogP contribution in [0.1, 0.15) is 28.2 Å². The fraction of sp³-hybridized carbons (Fsp3) is 0.190. The Balaban J connectivity index is 1.29. The molecule has 0 saturated heterocycles. The predicted molar refractivity (Wildman–Crippen MR) is 105 cm³/mol. The number of oxazole rings is 1. The van der Waals surface area contributed by atoms with Crippen LogP contribution < -0.4 is 5.32 Å². The van der Waals surface area contributed by atoms with Crippen LogP contribution in [-0.4, -0.2) is 32.4 Å². The minimum absolute atomic E-state index is 0.200. The summed E-state index contributed by atoms with van der Waals surface area (Å²) in [4.78, 5) is 29.2. The summed E-state index contributed by atoms with van der Waals surface area (Å²) in [5, 5.41) is 2.87. The standard InChI is InChI=1S/C21H19N5O2/c1-14-4-5-17-18(11-14)28-19(26-17)3-2-8-23-21(27)16-12-24-20(25-13-16)15-6-9-22-10-7-15/h4-7,9-13H,2-3,8H2,1H3,(H,23,27). The molecule has 0 aliphatic carbocycles. The molecule has 0 aliphatic heterocycles. The summed E-state index contributed by atoms with van der Waals surface area (Å²) in [6.07, 6.45) is 7.80. The summed E-state index contributed by atoms with van der Waals surface area (Å²) < 4.78 is 5.75. The molecule has 1 amide bonds. The molecule has 0 radical (unpaired) electrons. The van der Waals surface area contributed by atoms with Gasteiger partial charge in [0, 0.05) is 43.3 Å². The average Bonchev–Trinajstić information content (AvgIpc) is 3.13. The molecule has 4 rings (SSSR count). The number of hydrogen-bond acceptors (Lipinski definition) is 6. The summed E-state index contributed by atoms with van der Waals surface area (Å²) in [5.74, 6) is 1.04. The fourth-order valence-corrected chi connectivity index (χ4v) is 2.83. The van der Waals surface area contributed by atoms with E-state index >= 15 is 0 Å². The number of carbonyl (C=O) groups is 1. The zero-order valence-electron chi connectivity index (χ0n) is 15.4. The highest BCUT2D eigenvalue weighted by atomic mass is 16.3. The van der Waals surface area contributed by atoms with E-state index in [0.29, 0.717) is 30.2 Å². The van der Waals surface area contributed by atoms with Crippen LogP contribution in [0.5, 0.6) is 0 Å². The van der Waals surface area contributed by atoms with E-state index in [9.17, 15) is 4.79 Å². The van der Waals surface area contributed by atoms with Crippen molar-refractivity contribution in [1.29, 1.82) is 0 Å². The summed E-state index contributed by atoms with van der Waals surface area (Å²) >= 11 is 0. The highest BCUT2D eigenvalue weighted by Crippen LogP contribution is 2.17. The van der Waals surface area contributed by atoms with Crippen molar-refractivity contribution in [2.45, 2.75) is 19.8 Å². The molecule has 0 bridgehead atoms. The third kappa shape index (κ3) is 4.03. The van der Waals surface area contributed by atoms with E-state index in [1.54, 1.807) is 12.4 Å². The second-order valence-corrected chi connectivity index (χ2v) is 6.47. The first-order valence-corrected chi connectivity index (χ1v) is 9.06. The van der Waals surface area contributed by atoms with Crippen LogP contribution in [-0.2, 0) is 6.42 Å². The highest BCUT2D eigenvalue weighted by Gasteiger charge is 2.09. The van der Waals surface area contributed by atoms with Crippen LogP contribution >= 0.6 is 0 Å². The van der Waals surface area contributed by atoms with Crippen molar-refractivity contribution >= 4 is 17.0 Å². The largest absolute Gasteiger partial charge is 0.441 e. The number of carbonyl (C=O) groups excluding carboxylic acids is 1. The quantitative estimate of drug-likeness (QED) is 0.521. The van der Waals surface area contributed by atoms with E-state index in [2.05, 4.69) is 25.3 Å². The maximum Gasteiger partial charge on any atom is 0.254 e. The maximum atomic E-state index is 12.2. The van der Waals surface area contributed by atoms with E-state index in [-0.39, 0.29) is 5.91 Å². The molecule has 0 spiro atoms. The molecule has 1 N–H and O–H groups in total. The second kappa shape index (κ2) is 7.96. The van der Waals surface area contributed by atoms with Crippen LogP contribution in [0.15, 0.2) is 59.5 Å². The van der Waals surface area contributed by atoms with Gasteiger partial charge in [0.15, 0.2) is 17.3 Å². The van der Waals surface area contributed by atoms with Crippen molar-refractivity contribution in [1.82, 2.24) is 25.3 Å². The smallest absolute Gasteiger partial charge is 0.254 e. The number of nitrogens with zero attached hydrogens (tertiary/aromatic N) is 4. The Morgan fingerprint density at radius 3 is 2.68 bits per heavy atom. The van der Waals surface area contributed by atoms with E-state index < -0.39 is 0 Å². The van der Waals surface area contributed by atoms with Gasteiger partial charge < -0.3 is 9.73 Å². The molecule has 3 aromatic heterocycles. The molecule has 7 heteroatoms. The monoisotopic (exact) mass is 373 g/mol. The Morgan fingerprint density at radius 2 is 1.89 bits per heavy atom. The molecule has 0 fully saturated rings. The zero-order valence-corrected chi connectivity index (χ0v) is 15.4. The van der Waals surface area contributed by atoms with E-state index in [1.165, 1.54) is 12.4 Å². The maximum absolute atomic E-state index is 12.2. The first kappa shape index (κ1) is 17.8. The number of rotatable bonds is 6. The molecular weight excluding hydrogens is 354 g/mol. The molecule has 1 aromatic carbocycles. The molecule has 4 aromatic rings.